The van der Waals surface area contributed by atoms with Crippen LogP contribution in [-0.4, -0.2) is 7.11 Å². The van der Waals surface area contributed by atoms with Crippen molar-refractivity contribution in [2.75, 3.05) is 7.11 Å². The Morgan fingerprint density at radius 3 is 1.91 bits per heavy atom. The molecule has 0 unspecified atom stereocenters. The van der Waals surface area contributed by atoms with Gasteiger partial charge in [-0.2, -0.15) is 0 Å². The summed E-state index contributed by atoms with van der Waals surface area (Å²) in [5.41, 5.74) is 7.60. The van der Waals surface area contributed by atoms with Crippen LogP contribution in [0.25, 0.3) is 0 Å². The van der Waals surface area contributed by atoms with Crippen LogP contribution in [-0.2, 0) is 25.7 Å². The van der Waals surface area contributed by atoms with Gasteiger partial charge in [0.2, 0.25) is 0 Å². The summed E-state index contributed by atoms with van der Waals surface area (Å²) in [5.74, 6) is 14.2. The molecule has 0 saturated heterocycles. The number of aryl methyl sites for hydroxylation is 4. The Hall–Kier alpha value is -3.72. The van der Waals surface area contributed by atoms with E-state index in [0.29, 0.717) is 0 Å². The fraction of sp³-hybridized carbons (Fsp3) is 0.161. The maximum atomic E-state index is 5.20. The summed E-state index contributed by atoms with van der Waals surface area (Å²) in [7, 11) is 1.67. The van der Waals surface area contributed by atoms with Crippen LogP contribution in [0, 0.1) is 23.7 Å². The molecule has 0 saturated carbocycles. The van der Waals surface area contributed by atoms with Crippen molar-refractivity contribution >= 4 is 11.3 Å². The smallest absolute Gasteiger partial charge is 0.118 e. The molecule has 160 valence electrons. The second-order valence-electron chi connectivity index (χ2n) is 8.20. The number of rotatable bonds is 1. The third-order valence-electron chi connectivity index (χ3n) is 5.93. The average Bonchev–Trinajstić information content (AvgIpc) is 3.31. The Morgan fingerprint density at radius 2 is 1.21 bits per heavy atom. The maximum Gasteiger partial charge on any atom is 0.118 e. The minimum atomic E-state index is 0.840. The fourth-order valence-electron chi connectivity index (χ4n) is 3.96. The Bertz CT molecular complexity index is 1380. The second-order valence-corrected chi connectivity index (χ2v) is 9.28. The molecule has 4 bridgehead atoms. The summed E-state index contributed by atoms with van der Waals surface area (Å²) in [5, 5.41) is 0. The summed E-state index contributed by atoms with van der Waals surface area (Å²) in [6, 6.07) is 27.8. The van der Waals surface area contributed by atoms with Crippen LogP contribution in [0.4, 0.5) is 0 Å². The predicted molar refractivity (Wildman–Crippen MR) is 137 cm³/mol. The lowest BCUT2D eigenvalue weighted by molar-refractivity contribution is 0.415. The number of thiophene rings is 1. The largest absolute Gasteiger partial charge is 0.497 e. The Labute approximate surface area is 200 Å². The minimum absolute atomic E-state index is 0.840. The van der Waals surface area contributed by atoms with Gasteiger partial charge in [0, 0.05) is 11.1 Å². The molecule has 1 aromatic heterocycles. The van der Waals surface area contributed by atoms with Gasteiger partial charge in [-0.25, -0.2) is 0 Å². The lowest BCUT2D eigenvalue weighted by atomic mass is 9.93. The molecule has 4 aliphatic carbocycles. The Balaban J connectivity index is 1.36. The van der Waals surface area contributed by atoms with Crippen LogP contribution in [0.15, 0.2) is 78.9 Å². The summed E-state index contributed by atoms with van der Waals surface area (Å²) in [4.78, 5) is 2.07. The van der Waals surface area contributed by atoms with Crippen molar-refractivity contribution in [3.05, 3.63) is 122 Å². The molecule has 0 radical (unpaired) electrons. The molecule has 0 aliphatic heterocycles. The van der Waals surface area contributed by atoms with E-state index in [1.165, 1.54) is 22.3 Å². The van der Waals surface area contributed by atoms with Crippen LogP contribution in [0.1, 0.15) is 43.1 Å². The molecule has 1 heterocycles. The van der Waals surface area contributed by atoms with Crippen molar-refractivity contribution in [1.82, 2.24) is 0 Å². The predicted octanol–water partition coefficient (Wildman–Crippen LogP) is 6.44. The van der Waals surface area contributed by atoms with Gasteiger partial charge in [-0.15, -0.1) is 11.3 Å². The molecule has 3 aromatic carbocycles. The van der Waals surface area contributed by atoms with Gasteiger partial charge in [-0.05, 0) is 90.4 Å². The van der Waals surface area contributed by atoms with Crippen molar-refractivity contribution in [2.24, 2.45) is 0 Å². The maximum absolute atomic E-state index is 5.20. The number of methoxy groups -OCH3 is 1. The number of hydrogen-bond donors (Lipinski definition) is 0. The van der Waals surface area contributed by atoms with Crippen molar-refractivity contribution in [3.63, 3.8) is 0 Å². The summed E-state index contributed by atoms with van der Waals surface area (Å²) in [6.45, 7) is 0. The molecule has 0 N–H and O–H groups in total. The molecule has 33 heavy (non-hydrogen) atoms. The molecule has 4 aromatic rings. The van der Waals surface area contributed by atoms with E-state index in [2.05, 4.69) is 78.3 Å². The number of ether oxygens (including phenoxy) is 1. The van der Waals surface area contributed by atoms with Crippen LogP contribution >= 0.6 is 11.3 Å². The normalized spacial score (nSPS) is 12.0. The second kappa shape index (κ2) is 9.83. The molecular weight excluding hydrogens is 420 g/mol. The number of hydrogen-bond acceptors (Lipinski definition) is 2. The molecule has 0 spiro atoms. The molecule has 2 heteroatoms. The van der Waals surface area contributed by atoms with Crippen LogP contribution in [0.5, 0.6) is 5.75 Å². The lowest BCUT2D eigenvalue weighted by Crippen LogP contribution is -2.00. The highest BCUT2D eigenvalue weighted by Gasteiger charge is 2.07. The van der Waals surface area contributed by atoms with E-state index >= 15 is 0 Å². The van der Waals surface area contributed by atoms with Gasteiger partial charge in [0.1, 0.15) is 5.75 Å². The SMILES string of the molecule is COc1ccc(C#Cc2ccc(C#Cc3cc4ccc3CCc3ccc(cc3)CC4)s2)cc1. The van der Waals surface area contributed by atoms with E-state index in [1.807, 2.05) is 24.3 Å². The summed E-state index contributed by atoms with van der Waals surface area (Å²) in [6.07, 6.45) is 4.15. The molecule has 0 amide bonds. The molecule has 1 nitrogen and oxygen atoms in total. The standard InChI is InChI=1S/C31H24OS/c1-32-29-16-10-25(11-17-29)12-18-30-20-21-31(33-30)19-15-28-22-26-7-6-23-2-4-24(5-3-23)8-13-27(28)14-9-26/h2-5,9-11,14,16-17,20-22H,6-8,13H2,1H3. The lowest BCUT2D eigenvalue weighted by Gasteiger charge is -2.11. The fourth-order valence-corrected chi connectivity index (χ4v) is 4.68. The van der Waals surface area contributed by atoms with Gasteiger partial charge in [0.05, 0.1) is 16.9 Å². The molecule has 4 aliphatic rings. The monoisotopic (exact) mass is 444 g/mol. The van der Waals surface area contributed by atoms with E-state index < -0.39 is 0 Å². The van der Waals surface area contributed by atoms with Gasteiger partial charge in [0.25, 0.3) is 0 Å². The van der Waals surface area contributed by atoms with E-state index in [0.717, 1.165) is 52.3 Å². The van der Waals surface area contributed by atoms with E-state index in [-0.39, 0.29) is 0 Å². The number of benzene rings is 3. The van der Waals surface area contributed by atoms with E-state index in [9.17, 15) is 0 Å². The highest BCUT2D eigenvalue weighted by Crippen LogP contribution is 2.20. The van der Waals surface area contributed by atoms with Crippen LogP contribution in [0.2, 0.25) is 0 Å². The van der Waals surface area contributed by atoms with Crippen LogP contribution in [0.3, 0.4) is 0 Å². The highest BCUT2D eigenvalue weighted by molar-refractivity contribution is 7.13. The zero-order valence-electron chi connectivity index (χ0n) is 18.7. The topological polar surface area (TPSA) is 9.23 Å². The quantitative estimate of drug-likeness (QED) is 0.307. The van der Waals surface area contributed by atoms with Gasteiger partial charge >= 0.3 is 0 Å². The summed E-state index contributed by atoms with van der Waals surface area (Å²) < 4.78 is 5.20. The van der Waals surface area contributed by atoms with Crippen LogP contribution < -0.4 is 4.74 Å². The van der Waals surface area contributed by atoms with Crippen molar-refractivity contribution in [2.45, 2.75) is 25.7 Å². The first kappa shape index (κ1) is 21.1. The third-order valence-corrected chi connectivity index (χ3v) is 6.85. The summed E-state index contributed by atoms with van der Waals surface area (Å²) >= 11 is 1.64. The van der Waals surface area contributed by atoms with Crippen molar-refractivity contribution in [1.29, 1.82) is 0 Å². The average molecular weight is 445 g/mol. The minimum Gasteiger partial charge on any atom is -0.497 e. The zero-order chi connectivity index (χ0) is 22.5. The van der Waals surface area contributed by atoms with Gasteiger partial charge in [-0.3, -0.25) is 0 Å². The van der Waals surface area contributed by atoms with Crippen molar-refractivity contribution in [3.8, 4) is 29.4 Å². The zero-order valence-corrected chi connectivity index (χ0v) is 19.5. The molecule has 0 fully saturated rings. The first-order valence-corrected chi connectivity index (χ1v) is 12.0. The Morgan fingerprint density at radius 1 is 0.606 bits per heavy atom. The highest BCUT2D eigenvalue weighted by atomic mass is 32.1. The first-order valence-electron chi connectivity index (χ1n) is 11.2. The van der Waals surface area contributed by atoms with Gasteiger partial charge in [0.15, 0.2) is 0 Å². The molecular formula is C31H24OS. The van der Waals surface area contributed by atoms with E-state index in [4.69, 9.17) is 4.74 Å². The molecule has 8 rings (SSSR count). The molecule has 0 atom stereocenters. The van der Waals surface area contributed by atoms with Gasteiger partial charge in [-0.1, -0.05) is 60.1 Å². The Kier molecular flexibility index (Phi) is 6.30. The van der Waals surface area contributed by atoms with E-state index in [1.54, 1.807) is 18.4 Å². The first-order chi connectivity index (χ1) is 16.2. The third kappa shape index (κ3) is 5.38. The van der Waals surface area contributed by atoms with Gasteiger partial charge < -0.3 is 4.74 Å². The van der Waals surface area contributed by atoms with Crippen molar-refractivity contribution < 1.29 is 4.74 Å².